The fourth-order valence-electron chi connectivity index (χ4n) is 1.26. The minimum Gasteiger partial charge on any atom is -0.496 e. The van der Waals surface area contributed by atoms with Gasteiger partial charge in [-0.05, 0) is 18.6 Å². The van der Waals surface area contributed by atoms with Crippen LogP contribution in [0, 0.1) is 12.7 Å². The summed E-state index contributed by atoms with van der Waals surface area (Å²) in [5.41, 5.74) is 1.02. The van der Waals surface area contributed by atoms with Crippen LogP contribution in [-0.4, -0.2) is 18.8 Å². The molecule has 13 heavy (non-hydrogen) atoms. The number of halogens is 1. The summed E-state index contributed by atoms with van der Waals surface area (Å²) in [5.74, 6) is 0.213. The van der Waals surface area contributed by atoms with Gasteiger partial charge in [-0.2, -0.15) is 0 Å². The van der Waals surface area contributed by atoms with E-state index in [1.807, 2.05) is 0 Å². The normalized spacial score (nSPS) is 10.2. The molecule has 0 spiro atoms. The lowest BCUT2D eigenvalue weighted by Crippen LogP contribution is -2.00. The van der Waals surface area contributed by atoms with Gasteiger partial charge in [0.05, 0.1) is 7.11 Å². The molecule has 0 bridgehead atoms. The molecule has 3 heteroatoms. The van der Waals surface area contributed by atoms with Gasteiger partial charge in [-0.3, -0.25) is 0 Å². The summed E-state index contributed by atoms with van der Waals surface area (Å²) in [6, 6.07) is 3.37. The van der Waals surface area contributed by atoms with Gasteiger partial charge in [0.1, 0.15) is 11.6 Å². The molecule has 1 rings (SSSR count). The fourth-order valence-corrected chi connectivity index (χ4v) is 1.26. The molecule has 0 aliphatic heterocycles. The quantitative estimate of drug-likeness (QED) is 0.774. The highest BCUT2D eigenvalue weighted by Gasteiger charge is 2.10. The number of aryl methyl sites for hydroxylation is 1. The summed E-state index contributed by atoms with van der Waals surface area (Å²) in [7, 11) is 1.49. The number of methoxy groups -OCH3 is 1. The maximum atomic E-state index is 13.4. The van der Waals surface area contributed by atoms with Crippen molar-refractivity contribution in [1.82, 2.24) is 0 Å². The van der Waals surface area contributed by atoms with Crippen LogP contribution in [0.2, 0.25) is 0 Å². The Kier molecular flexibility index (Phi) is 3.25. The second-order valence-electron chi connectivity index (χ2n) is 2.85. The largest absolute Gasteiger partial charge is 0.496 e. The molecule has 0 aliphatic carbocycles. The fraction of sp³-hybridized carbons (Fsp3) is 0.400. The highest BCUT2D eigenvalue weighted by atomic mass is 19.1. The highest BCUT2D eigenvalue weighted by Crippen LogP contribution is 2.24. The van der Waals surface area contributed by atoms with Crippen LogP contribution in [0.25, 0.3) is 0 Å². The summed E-state index contributed by atoms with van der Waals surface area (Å²) in [6.07, 6.45) is 0.288. The third kappa shape index (κ3) is 1.98. The first-order chi connectivity index (χ1) is 6.20. The Morgan fingerprint density at radius 2 is 2.15 bits per heavy atom. The molecule has 0 fully saturated rings. The lowest BCUT2D eigenvalue weighted by atomic mass is 10.1. The molecule has 1 N–H and O–H groups in total. The van der Waals surface area contributed by atoms with Crippen molar-refractivity contribution in [2.45, 2.75) is 13.3 Å². The number of rotatable bonds is 3. The second kappa shape index (κ2) is 4.23. The molecule has 0 radical (unpaired) electrons. The van der Waals surface area contributed by atoms with E-state index in [0.717, 1.165) is 0 Å². The second-order valence-corrected chi connectivity index (χ2v) is 2.85. The van der Waals surface area contributed by atoms with Gasteiger partial charge in [-0.15, -0.1) is 0 Å². The number of hydrogen-bond acceptors (Lipinski definition) is 2. The molecule has 0 amide bonds. The van der Waals surface area contributed by atoms with Crippen molar-refractivity contribution in [3.8, 4) is 5.75 Å². The van der Waals surface area contributed by atoms with Crippen molar-refractivity contribution < 1.29 is 14.2 Å². The van der Waals surface area contributed by atoms with Gasteiger partial charge in [0.15, 0.2) is 0 Å². The zero-order chi connectivity index (χ0) is 9.84. The van der Waals surface area contributed by atoms with Crippen molar-refractivity contribution in [3.05, 3.63) is 29.1 Å². The Bertz CT molecular complexity index is 297. The van der Waals surface area contributed by atoms with E-state index in [9.17, 15) is 4.39 Å². The lowest BCUT2D eigenvalue weighted by Gasteiger charge is -2.09. The first-order valence-electron chi connectivity index (χ1n) is 4.13. The Morgan fingerprint density at radius 3 is 2.69 bits per heavy atom. The van der Waals surface area contributed by atoms with Crippen LogP contribution >= 0.6 is 0 Å². The van der Waals surface area contributed by atoms with E-state index in [1.165, 1.54) is 7.11 Å². The number of aliphatic hydroxyl groups excluding tert-OH is 1. The molecule has 72 valence electrons. The number of hydrogen-bond donors (Lipinski definition) is 1. The van der Waals surface area contributed by atoms with Gasteiger partial charge >= 0.3 is 0 Å². The number of aliphatic hydroxyl groups is 1. The van der Waals surface area contributed by atoms with E-state index in [0.29, 0.717) is 16.9 Å². The van der Waals surface area contributed by atoms with Crippen LogP contribution in [0.3, 0.4) is 0 Å². The Labute approximate surface area is 77.0 Å². The SMILES string of the molecule is COc1ccc(C)c(F)c1CCO. The molecule has 1 aromatic carbocycles. The van der Waals surface area contributed by atoms with E-state index in [-0.39, 0.29) is 18.8 Å². The van der Waals surface area contributed by atoms with Crippen LogP contribution in [0.4, 0.5) is 4.39 Å². The average Bonchev–Trinajstić information content (AvgIpc) is 2.14. The zero-order valence-electron chi connectivity index (χ0n) is 7.80. The molecule has 0 heterocycles. The maximum Gasteiger partial charge on any atom is 0.133 e. The predicted octanol–water partition coefficient (Wildman–Crippen LogP) is 1.68. The molecular weight excluding hydrogens is 171 g/mol. The summed E-state index contributed by atoms with van der Waals surface area (Å²) in [5, 5.41) is 8.73. The minimum atomic E-state index is -0.284. The van der Waals surface area contributed by atoms with Gasteiger partial charge in [0.25, 0.3) is 0 Å². The zero-order valence-corrected chi connectivity index (χ0v) is 7.80. The number of ether oxygens (including phenoxy) is 1. The minimum absolute atomic E-state index is 0.0727. The van der Waals surface area contributed by atoms with E-state index in [4.69, 9.17) is 9.84 Å². The molecule has 2 nitrogen and oxygen atoms in total. The summed E-state index contributed by atoms with van der Waals surface area (Å²) in [6.45, 7) is 1.62. The standard InChI is InChI=1S/C10H13FO2/c1-7-3-4-9(13-2)8(5-6-12)10(7)11/h3-4,12H,5-6H2,1-2H3. The molecule has 0 aromatic heterocycles. The van der Waals surface area contributed by atoms with E-state index >= 15 is 0 Å². The van der Waals surface area contributed by atoms with Crippen LogP contribution < -0.4 is 4.74 Å². The van der Waals surface area contributed by atoms with Gasteiger partial charge in [-0.1, -0.05) is 6.07 Å². The van der Waals surface area contributed by atoms with Crippen LogP contribution in [0.1, 0.15) is 11.1 Å². The molecule has 0 saturated heterocycles. The third-order valence-corrected chi connectivity index (χ3v) is 1.98. The van der Waals surface area contributed by atoms with Crippen LogP contribution in [0.15, 0.2) is 12.1 Å². The number of benzene rings is 1. The molecule has 0 saturated carbocycles. The maximum absolute atomic E-state index is 13.4. The van der Waals surface area contributed by atoms with E-state index in [1.54, 1.807) is 19.1 Å². The monoisotopic (exact) mass is 184 g/mol. The van der Waals surface area contributed by atoms with E-state index in [2.05, 4.69) is 0 Å². The smallest absolute Gasteiger partial charge is 0.133 e. The van der Waals surface area contributed by atoms with Crippen molar-refractivity contribution in [1.29, 1.82) is 0 Å². The molecule has 0 unspecified atom stereocenters. The highest BCUT2D eigenvalue weighted by molar-refractivity contribution is 5.38. The van der Waals surface area contributed by atoms with Crippen molar-refractivity contribution in [3.63, 3.8) is 0 Å². The van der Waals surface area contributed by atoms with Gasteiger partial charge in [0, 0.05) is 18.6 Å². The molecular formula is C10H13FO2. The lowest BCUT2D eigenvalue weighted by molar-refractivity contribution is 0.294. The van der Waals surface area contributed by atoms with Gasteiger partial charge in [-0.25, -0.2) is 4.39 Å². The Morgan fingerprint density at radius 1 is 1.46 bits per heavy atom. The van der Waals surface area contributed by atoms with E-state index < -0.39 is 0 Å². The summed E-state index contributed by atoms with van der Waals surface area (Å²) in [4.78, 5) is 0. The predicted molar refractivity (Wildman–Crippen MR) is 48.5 cm³/mol. The molecule has 0 atom stereocenters. The topological polar surface area (TPSA) is 29.5 Å². The van der Waals surface area contributed by atoms with Crippen molar-refractivity contribution in [2.75, 3.05) is 13.7 Å². The summed E-state index contributed by atoms with van der Waals surface area (Å²) >= 11 is 0. The van der Waals surface area contributed by atoms with Gasteiger partial charge < -0.3 is 9.84 Å². The first-order valence-corrected chi connectivity index (χ1v) is 4.13. The van der Waals surface area contributed by atoms with Gasteiger partial charge in [0.2, 0.25) is 0 Å². The third-order valence-electron chi connectivity index (χ3n) is 1.98. The van der Waals surface area contributed by atoms with Crippen LogP contribution in [0.5, 0.6) is 5.75 Å². The molecule has 0 aliphatic rings. The Hall–Kier alpha value is -1.09. The van der Waals surface area contributed by atoms with Crippen molar-refractivity contribution >= 4 is 0 Å². The molecule has 1 aromatic rings. The summed E-state index contributed by atoms with van der Waals surface area (Å²) < 4.78 is 18.4. The van der Waals surface area contributed by atoms with Crippen molar-refractivity contribution in [2.24, 2.45) is 0 Å². The van der Waals surface area contributed by atoms with Crippen LogP contribution in [-0.2, 0) is 6.42 Å². The average molecular weight is 184 g/mol. The Balaban J connectivity index is 3.15. The first kappa shape index (κ1) is 9.99.